The molecule has 2 heteroatoms. The van der Waals surface area contributed by atoms with Crippen molar-refractivity contribution in [3.05, 3.63) is 12.2 Å². The third kappa shape index (κ3) is 3.16. The summed E-state index contributed by atoms with van der Waals surface area (Å²) in [6, 6.07) is 0. The molecule has 0 aromatic heterocycles. The van der Waals surface area contributed by atoms with Crippen molar-refractivity contribution in [2.24, 2.45) is 11.3 Å². The predicted octanol–water partition coefficient (Wildman–Crippen LogP) is 2.50. The third-order valence-corrected chi connectivity index (χ3v) is 3.57. The maximum atomic E-state index is 11.4. The zero-order chi connectivity index (χ0) is 11.5. The van der Waals surface area contributed by atoms with Crippen LogP contribution in [-0.2, 0) is 4.79 Å². The number of ketones is 1. The molecule has 15 heavy (non-hydrogen) atoms. The summed E-state index contributed by atoms with van der Waals surface area (Å²) in [5.74, 6) is 0.751. The van der Waals surface area contributed by atoms with E-state index in [1.54, 1.807) is 6.08 Å². The van der Waals surface area contributed by atoms with E-state index in [1.807, 2.05) is 0 Å². The van der Waals surface area contributed by atoms with Crippen molar-refractivity contribution in [3.8, 4) is 0 Å². The number of hydrogen-bond donors (Lipinski definition) is 0. The van der Waals surface area contributed by atoms with Gasteiger partial charge in [0.2, 0.25) is 0 Å². The first-order valence-corrected chi connectivity index (χ1v) is 5.94. The molecule has 0 aromatic carbocycles. The van der Waals surface area contributed by atoms with Crippen molar-refractivity contribution < 1.29 is 4.79 Å². The monoisotopic (exact) mass is 209 g/mol. The fourth-order valence-electron chi connectivity index (χ4n) is 2.11. The van der Waals surface area contributed by atoms with E-state index in [2.05, 4.69) is 38.7 Å². The van der Waals surface area contributed by atoms with Crippen molar-refractivity contribution in [2.75, 3.05) is 19.6 Å². The molecule has 0 saturated heterocycles. The smallest absolute Gasteiger partial charge is 0.155 e. The number of allylic oxidation sites excluding steroid dienone is 2. The largest absolute Gasteiger partial charge is 0.304 e. The van der Waals surface area contributed by atoms with Gasteiger partial charge in [-0.2, -0.15) is 0 Å². The van der Waals surface area contributed by atoms with E-state index in [0.717, 1.165) is 19.6 Å². The summed E-state index contributed by atoms with van der Waals surface area (Å²) >= 11 is 0. The molecule has 0 aromatic rings. The summed E-state index contributed by atoms with van der Waals surface area (Å²) in [5.41, 5.74) is 0.163. The van der Waals surface area contributed by atoms with E-state index in [9.17, 15) is 4.79 Å². The Morgan fingerprint density at radius 3 is 2.53 bits per heavy atom. The summed E-state index contributed by atoms with van der Waals surface area (Å²) in [4.78, 5) is 13.8. The van der Waals surface area contributed by atoms with Gasteiger partial charge < -0.3 is 4.90 Å². The summed E-state index contributed by atoms with van der Waals surface area (Å²) in [5, 5.41) is 0. The number of hydrogen-bond acceptors (Lipinski definition) is 2. The number of rotatable bonds is 4. The second kappa shape index (κ2) is 4.93. The molecule has 0 aliphatic heterocycles. The van der Waals surface area contributed by atoms with Gasteiger partial charge in [0.25, 0.3) is 0 Å². The molecule has 1 rings (SSSR count). The zero-order valence-corrected chi connectivity index (χ0v) is 10.4. The molecule has 0 amide bonds. The maximum absolute atomic E-state index is 11.4. The fourth-order valence-corrected chi connectivity index (χ4v) is 2.11. The van der Waals surface area contributed by atoms with Gasteiger partial charge in [-0.25, -0.2) is 0 Å². The van der Waals surface area contributed by atoms with Crippen LogP contribution in [-0.4, -0.2) is 30.3 Å². The van der Waals surface area contributed by atoms with Gasteiger partial charge in [0, 0.05) is 13.0 Å². The van der Waals surface area contributed by atoms with Crippen LogP contribution in [0.3, 0.4) is 0 Å². The Kier molecular flexibility index (Phi) is 4.09. The Balaban J connectivity index is 2.67. The van der Waals surface area contributed by atoms with Crippen molar-refractivity contribution in [3.63, 3.8) is 0 Å². The van der Waals surface area contributed by atoms with Crippen LogP contribution < -0.4 is 0 Å². The Morgan fingerprint density at radius 2 is 2.00 bits per heavy atom. The lowest BCUT2D eigenvalue weighted by Gasteiger charge is -2.37. The molecule has 0 bridgehead atoms. The first-order chi connectivity index (χ1) is 6.99. The Hall–Kier alpha value is -0.630. The van der Waals surface area contributed by atoms with Gasteiger partial charge in [0.1, 0.15) is 0 Å². The molecule has 0 heterocycles. The van der Waals surface area contributed by atoms with Crippen LogP contribution in [0.5, 0.6) is 0 Å². The van der Waals surface area contributed by atoms with E-state index in [0.29, 0.717) is 12.3 Å². The summed E-state index contributed by atoms with van der Waals surface area (Å²) in [6.45, 7) is 12.0. The second-order valence-electron chi connectivity index (χ2n) is 5.01. The van der Waals surface area contributed by atoms with Gasteiger partial charge in [0.05, 0.1) is 0 Å². The molecule has 1 aliphatic rings. The van der Waals surface area contributed by atoms with Crippen LogP contribution >= 0.6 is 0 Å². The van der Waals surface area contributed by atoms with Gasteiger partial charge in [-0.3, -0.25) is 4.79 Å². The molecule has 0 radical (unpaired) electrons. The summed E-state index contributed by atoms with van der Waals surface area (Å²) in [6.07, 6.45) is 4.53. The van der Waals surface area contributed by atoms with Gasteiger partial charge in [0.15, 0.2) is 5.78 Å². The molecule has 0 fully saturated rings. The summed E-state index contributed by atoms with van der Waals surface area (Å²) < 4.78 is 0. The number of carbonyl (C=O) groups is 1. The Labute approximate surface area is 93.3 Å². The highest BCUT2D eigenvalue weighted by Gasteiger charge is 2.32. The van der Waals surface area contributed by atoms with E-state index in [-0.39, 0.29) is 11.2 Å². The van der Waals surface area contributed by atoms with E-state index >= 15 is 0 Å². The van der Waals surface area contributed by atoms with Crippen molar-refractivity contribution in [2.45, 2.75) is 34.1 Å². The topological polar surface area (TPSA) is 20.3 Å². The molecule has 0 spiro atoms. The average molecular weight is 209 g/mol. The molecule has 1 aliphatic carbocycles. The molecule has 1 atom stereocenters. The van der Waals surface area contributed by atoms with Gasteiger partial charge in [-0.05, 0) is 30.5 Å². The highest BCUT2D eigenvalue weighted by Crippen LogP contribution is 2.35. The molecule has 0 saturated carbocycles. The maximum Gasteiger partial charge on any atom is 0.155 e. The highest BCUT2D eigenvalue weighted by molar-refractivity contribution is 5.90. The average Bonchev–Trinajstić information content (AvgIpc) is 2.19. The molecule has 1 unspecified atom stereocenters. The molecule has 86 valence electrons. The number of carbonyl (C=O) groups excluding carboxylic acids is 1. The quantitative estimate of drug-likeness (QED) is 0.709. The Morgan fingerprint density at radius 1 is 1.40 bits per heavy atom. The second-order valence-corrected chi connectivity index (χ2v) is 5.01. The molecular weight excluding hydrogens is 186 g/mol. The lowest BCUT2D eigenvalue weighted by Crippen LogP contribution is -2.38. The minimum absolute atomic E-state index is 0.163. The first-order valence-electron chi connectivity index (χ1n) is 5.94. The minimum Gasteiger partial charge on any atom is -0.304 e. The van der Waals surface area contributed by atoms with Crippen molar-refractivity contribution >= 4 is 5.78 Å². The highest BCUT2D eigenvalue weighted by atomic mass is 16.1. The SMILES string of the molecule is CCN(CC)CC1CC(=O)C=CC1(C)C. The van der Waals surface area contributed by atoms with Gasteiger partial charge >= 0.3 is 0 Å². The predicted molar refractivity (Wildman–Crippen MR) is 63.8 cm³/mol. The fraction of sp³-hybridized carbons (Fsp3) is 0.769. The van der Waals surface area contributed by atoms with E-state index in [1.165, 1.54) is 0 Å². The van der Waals surface area contributed by atoms with Crippen LogP contribution in [0.4, 0.5) is 0 Å². The lowest BCUT2D eigenvalue weighted by molar-refractivity contribution is -0.117. The van der Waals surface area contributed by atoms with Crippen LogP contribution in [0.25, 0.3) is 0 Å². The van der Waals surface area contributed by atoms with E-state index < -0.39 is 0 Å². The van der Waals surface area contributed by atoms with Crippen LogP contribution in [0.15, 0.2) is 12.2 Å². The van der Waals surface area contributed by atoms with Crippen LogP contribution in [0, 0.1) is 11.3 Å². The Bertz CT molecular complexity index is 251. The zero-order valence-electron chi connectivity index (χ0n) is 10.4. The van der Waals surface area contributed by atoms with E-state index in [4.69, 9.17) is 0 Å². The standard InChI is InChI=1S/C13H23NO/c1-5-14(6-2)10-11-9-12(15)7-8-13(11,3)4/h7-8,11H,5-6,9-10H2,1-4H3. The van der Waals surface area contributed by atoms with Gasteiger partial charge in [-0.15, -0.1) is 0 Å². The lowest BCUT2D eigenvalue weighted by atomic mass is 9.72. The molecular formula is C13H23NO. The van der Waals surface area contributed by atoms with Crippen molar-refractivity contribution in [1.82, 2.24) is 4.90 Å². The molecule has 2 nitrogen and oxygen atoms in total. The number of nitrogens with zero attached hydrogens (tertiary/aromatic N) is 1. The third-order valence-electron chi connectivity index (χ3n) is 3.57. The van der Waals surface area contributed by atoms with Crippen molar-refractivity contribution in [1.29, 1.82) is 0 Å². The van der Waals surface area contributed by atoms with Crippen LogP contribution in [0.2, 0.25) is 0 Å². The normalized spacial score (nSPS) is 24.9. The first kappa shape index (κ1) is 12.4. The molecule has 0 N–H and O–H groups in total. The summed E-state index contributed by atoms with van der Waals surface area (Å²) in [7, 11) is 0. The minimum atomic E-state index is 0.163. The van der Waals surface area contributed by atoms with Crippen LogP contribution in [0.1, 0.15) is 34.1 Å². The van der Waals surface area contributed by atoms with Gasteiger partial charge in [-0.1, -0.05) is 33.8 Å².